The fourth-order valence-electron chi connectivity index (χ4n) is 4.19. The molecular formula is C22H19N3O3S. The zero-order valence-corrected chi connectivity index (χ0v) is 16.4. The molecule has 3 aromatic carbocycles. The average molecular weight is 405 g/mol. The van der Waals surface area contributed by atoms with Gasteiger partial charge in [-0.2, -0.15) is 0 Å². The van der Waals surface area contributed by atoms with Gasteiger partial charge in [0.05, 0.1) is 4.90 Å². The van der Waals surface area contributed by atoms with Gasteiger partial charge in [-0.3, -0.25) is 4.90 Å². The first-order chi connectivity index (χ1) is 13.9. The molecule has 3 N–H and O–H groups in total. The van der Waals surface area contributed by atoms with Crippen molar-refractivity contribution in [3.05, 3.63) is 71.8 Å². The molecular weight excluding hydrogens is 386 g/mol. The first kappa shape index (κ1) is 17.9. The molecule has 0 unspecified atom stereocenters. The van der Waals surface area contributed by atoms with Gasteiger partial charge in [0.2, 0.25) is 10.0 Å². The van der Waals surface area contributed by atoms with E-state index in [1.54, 1.807) is 17.0 Å². The second kappa shape index (κ2) is 6.43. The van der Waals surface area contributed by atoms with Crippen molar-refractivity contribution >= 4 is 21.7 Å². The number of sulfonamides is 1. The number of amides is 2. The predicted octanol–water partition coefficient (Wildman–Crippen LogP) is 3.10. The van der Waals surface area contributed by atoms with E-state index in [1.807, 2.05) is 30.3 Å². The van der Waals surface area contributed by atoms with Crippen LogP contribution >= 0.6 is 0 Å². The second-order valence-electron chi connectivity index (χ2n) is 7.31. The van der Waals surface area contributed by atoms with Crippen LogP contribution in [-0.4, -0.2) is 27.5 Å². The Morgan fingerprint density at radius 1 is 0.897 bits per heavy atom. The minimum absolute atomic E-state index is 0.0521. The number of anilines is 1. The van der Waals surface area contributed by atoms with Crippen LogP contribution in [0.4, 0.5) is 10.5 Å². The summed E-state index contributed by atoms with van der Waals surface area (Å²) >= 11 is 0. The van der Waals surface area contributed by atoms with E-state index < -0.39 is 10.0 Å². The Morgan fingerprint density at radius 3 is 2.45 bits per heavy atom. The predicted molar refractivity (Wildman–Crippen MR) is 112 cm³/mol. The largest absolute Gasteiger partial charge is 0.336 e. The van der Waals surface area contributed by atoms with Crippen molar-refractivity contribution in [3.8, 4) is 22.3 Å². The standard InChI is InChI=1S/C22H19N3O3S/c23-29(27,28)21-8-6-17(25-10-9-24-22(25)26)13-20(21)15-5-7-19-16(12-15)11-14-3-1-2-4-18(14)19/h1-8,12-13H,9-11H2,(H,24,26)(H2,23,27,28). The zero-order valence-electron chi connectivity index (χ0n) is 15.6. The summed E-state index contributed by atoms with van der Waals surface area (Å²) in [6.45, 7) is 1.09. The molecule has 7 heteroatoms. The zero-order chi connectivity index (χ0) is 20.2. The van der Waals surface area contributed by atoms with Crippen LogP contribution in [0, 0.1) is 0 Å². The maximum absolute atomic E-state index is 12.2. The lowest BCUT2D eigenvalue weighted by Crippen LogP contribution is -2.27. The summed E-state index contributed by atoms with van der Waals surface area (Å²) in [5.74, 6) is 0. The molecule has 2 aliphatic rings. The molecule has 29 heavy (non-hydrogen) atoms. The third-order valence-corrected chi connectivity index (χ3v) is 6.51. The number of hydrogen-bond donors (Lipinski definition) is 2. The number of carbonyl (C=O) groups is 1. The smallest absolute Gasteiger partial charge is 0.321 e. The van der Waals surface area contributed by atoms with E-state index in [1.165, 1.54) is 17.2 Å². The molecule has 1 aliphatic heterocycles. The molecule has 6 nitrogen and oxygen atoms in total. The lowest BCUT2D eigenvalue weighted by atomic mass is 9.98. The highest BCUT2D eigenvalue weighted by atomic mass is 32.2. The first-order valence-corrected chi connectivity index (χ1v) is 10.9. The molecule has 1 saturated heterocycles. The Kier molecular flexibility index (Phi) is 3.97. The number of benzene rings is 3. The van der Waals surface area contributed by atoms with Crippen molar-refractivity contribution in [2.45, 2.75) is 11.3 Å². The fraction of sp³-hybridized carbons (Fsp3) is 0.136. The maximum Gasteiger partial charge on any atom is 0.321 e. The number of hydrogen-bond acceptors (Lipinski definition) is 3. The molecule has 0 aromatic heterocycles. The maximum atomic E-state index is 12.2. The molecule has 5 rings (SSSR count). The number of urea groups is 1. The molecule has 0 atom stereocenters. The number of nitrogens with zero attached hydrogens (tertiary/aromatic N) is 1. The Bertz CT molecular complexity index is 1270. The quantitative estimate of drug-likeness (QED) is 0.549. The number of primary sulfonamides is 1. The highest BCUT2D eigenvalue weighted by Crippen LogP contribution is 2.40. The van der Waals surface area contributed by atoms with E-state index in [-0.39, 0.29) is 10.9 Å². The highest BCUT2D eigenvalue weighted by molar-refractivity contribution is 7.89. The van der Waals surface area contributed by atoms with Gasteiger partial charge >= 0.3 is 6.03 Å². The Morgan fingerprint density at radius 2 is 1.69 bits per heavy atom. The first-order valence-electron chi connectivity index (χ1n) is 9.35. The Labute approximate surface area is 169 Å². The summed E-state index contributed by atoms with van der Waals surface area (Å²) in [5.41, 5.74) is 6.69. The topological polar surface area (TPSA) is 92.5 Å². The van der Waals surface area contributed by atoms with E-state index >= 15 is 0 Å². The van der Waals surface area contributed by atoms with Gasteiger partial charge < -0.3 is 5.32 Å². The van der Waals surface area contributed by atoms with Crippen LogP contribution in [0.3, 0.4) is 0 Å². The van der Waals surface area contributed by atoms with Gasteiger partial charge in [-0.1, -0.05) is 42.5 Å². The van der Waals surface area contributed by atoms with E-state index in [2.05, 4.69) is 17.4 Å². The summed E-state index contributed by atoms with van der Waals surface area (Å²) < 4.78 is 24.4. The van der Waals surface area contributed by atoms with E-state index in [4.69, 9.17) is 5.14 Å². The van der Waals surface area contributed by atoms with Crippen LogP contribution < -0.4 is 15.4 Å². The van der Waals surface area contributed by atoms with Crippen molar-refractivity contribution in [2.24, 2.45) is 5.14 Å². The highest BCUT2D eigenvalue weighted by Gasteiger charge is 2.25. The molecule has 146 valence electrons. The minimum atomic E-state index is -3.92. The van der Waals surface area contributed by atoms with Gasteiger partial charge in [-0.05, 0) is 52.4 Å². The van der Waals surface area contributed by atoms with Crippen LogP contribution in [0.2, 0.25) is 0 Å². The van der Waals surface area contributed by atoms with Crippen LogP contribution in [0.1, 0.15) is 11.1 Å². The fourth-order valence-corrected chi connectivity index (χ4v) is 4.93. The average Bonchev–Trinajstić information content (AvgIpc) is 3.29. The number of nitrogens with two attached hydrogens (primary N) is 1. The normalized spacial score (nSPS) is 15.2. The lowest BCUT2D eigenvalue weighted by Gasteiger charge is -2.17. The molecule has 2 amide bonds. The van der Waals surface area contributed by atoms with Gasteiger partial charge in [0.15, 0.2) is 0 Å². The Balaban J connectivity index is 1.65. The summed E-state index contributed by atoms with van der Waals surface area (Å²) in [6.07, 6.45) is 0.804. The van der Waals surface area contributed by atoms with Crippen molar-refractivity contribution in [3.63, 3.8) is 0 Å². The van der Waals surface area contributed by atoms with Crippen LogP contribution in [0.5, 0.6) is 0 Å². The third kappa shape index (κ3) is 2.99. The van der Waals surface area contributed by atoms with Gasteiger partial charge in [-0.15, -0.1) is 0 Å². The molecule has 1 heterocycles. The number of fused-ring (bicyclic) bond motifs is 3. The van der Waals surface area contributed by atoms with E-state index in [0.29, 0.717) is 24.3 Å². The van der Waals surface area contributed by atoms with Crippen molar-refractivity contribution < 1.29 is 13.2 Å². The van der Waals surface area contributed by atoms with E-state index in [9.17, 15) is 13.2 Å². The van der Waals surface area contributed by atoms with Crippen LogP contribution in [0.15, 0.2) is 65.6 Å². The van der Waals surface area contributed by atoms with Gasteiger partial charge in [0.1, 0.15) is 0 Å². The third-order valence-electron chi connectivity index (χ3n) is 5.54. The van der Waals surface area contributed by atoms with Crippen molar-refractivity contribution in [2.75, 3.05) is 18.0 Å². The summed E-state index contributed by atoms with van der Waals surface area (Å²) in [5, 5.41) is 8.25. The lowest BCUT2D eigenvalue weighted by molar-refractivity contribution is 0.252. The molecule has 0 spiro atoms. The number of nitrogens with one attached hydrogen (secondary N) is 1. The SMILES string of the molecule is NS(=O)(=O)c1ccc(N2CCNC2=O)cc1-c1ccc2c(c1)Cc1ccccc1-2. The second-order valence-corrected chi connectivity index (χ2v) is 8.84. The van der Waals surface area contributed by atoms with Gasteiger partial charge in [0, 0.05) is 24.3 Å². The van der Waals surface area contributed by atoms with Crippen molar-refractivity contribution in [1.29, 1.82) is 0 Å². The summed E-state index contributed by atoms with van der Waals surface area (Å²) in [7, 11) is -3.92. The summed E-state index contributed by atoms with van der Waals surface area (Å²) in [4.78, 5) is 13.7. The van der Waals surface area contributed by atoms with Crippen LogP contribution in [0.25, 0.3) is 22.3 Å². The number of rotatable bonds is 3. The van der Waals surface area contributed by atoms with Crippen LogP contribution in [-0.2, 0) is 16.4 Å². The molecule has 0 saturated carbocycles. The van der Waals surface area contributed by atoms with Gasteiger partial charge in [-0.25, -0.2) is 18.4 Å². The molecule has 0 bridgehead atoms. The molecule has 3 aromatic rings. The summed E-state index contributed by atoms with van der Waals surface area (Å²) in [6, 6.07) is 18.9. The minimum Gasteiger partial charge on any atom is -0.336 e. The number of carbonyl (C=O) groups excluding carboxylic acids is 1. The molecule has 1 aliphatic carbocycles. The monoisotopic (exact) mass is 405 g/mol. The Hall–Kier alpha value is -3.16. The molecule has 0 radical (unpaired) electrons. The molecule has 1 fully saturated rings. The van der Waals surface area contributed by atoms with Crippen molar-refractivity contribution in [1.82, 2.24) is 5.32 Å². The van der Waals surface area contributed by atoms with Gasteiger partial charge in [0.25, 0.3) is 0 Å². The van der Waals surface area contributed by atoms with E-state index in [0.717, 1.165) is 23.1 Å².